The number of hydrogen-bond acceptors (Lipinski definition) is 3. The molecule has 0 amide bonds. The van der Waals surface area contributed by atoms with Gasteiger partial charge in [0.2, 0.25) is 0 Å². The van der Waals surface area contributed by atoms with Gasteiger partial charge in [-0.1, -0.05) is 25.4 Å². The van der Waals surface area contributed by atoms with E-state index in [9.17, 15) is 5.11 Å². The van der Waals surface area contributed by atoms with Gasteiger partial charge in [-0.15, -0.1) is 0 Å². The van der Waals surface area contributed by atoms with Crippen LogP contribution in [0, 0.1) is 5.92 Å². The van der Waals surface area contributed by atoms with Gasteiger partial charge in [0.15, 0.2) is 0 Å². The van der Waals surface area contributed by atoms with Crippen LogP contribution < -0.4 is 10.1 Å². The Labute approximate surface area is 114 Å². The molecule has 3 nitrogen and oxygen atoms in total. The van der Waals surface area contributed by atoms with E-state index in [4.69, 9.17) is 16.3 Å². The number of hydrogen-bond donors (Lipinski definition) is 2. The van der Waals surface area contributed by atoms with Gasteiger partial charge in [0, 0.05) is 17.1 Å². The fraction of sp³-hybridized carbons (Fsp3) is 0.571. The Morgan fingerprint density at radius 2 is 2.11 bits per heavy atom. The second-order valence-electron chi connectivity index (χ2n) is 5.08. The van der Waals surface area contributed by atoms with E-state index in [1.807, 2.05) is 33.0 Å². The highest BCUT2D eigenvalue weighted by Crippen LogP contribution is 2.25. The molecular formula is C14H22ClNO2. The van der Waals surface area contributed by atoms with Crippen molar-refractivity contribution in [3.8, 4) is 5.75 Å². The number of ether oxygens (including phenoxy) is 1. The minimum Gasteiger partial charge on any atom is -0.490 e. The number of halogens is 1. The van der Waals surface area contributed by atoms with E-state index >= 15 is 0 Å². The lowest BCUT2D eigenvalue weighted by Gasteiger charge is -2.28. The summed E-state index contributed by atoms with van der Waals surface area (Å²) in [6.07, 6.45) is 0. The van der Waals surface area contributed by atoms with Crippen LogP contribution in [-0.4, -0.2) is 24.4 Å². The van der Waals surface area contributed by atoms with Crippen LogP contribution in [-0.2, 0) is 6.54 Å². The summed E-state index contributed by atoms with van der Waals surface area (Å²) in [6.45, 7) is 6.67. The third-order valence-electron chi connectivity index (χ3n) is 3.15. The first-order valence-electron chi connectivity index (χ1n) is 6.15. The first-order chi connectivity index (χ1) is 8.36. The van der Waals surface area contributed by atoms with Crippen molar-refractivity contribution < 1.29 is 9.84 Å². The van der Waals surface area contributed by atoms with Crippen molar-refractivity contribution in [3.63, 3.8) is 0 Å². The molecule has 1 unspecified atom stereocenters. The van der Waals surface area contributed by atoms with E-state index in [1.54, 1.807) is 13.0 Å². The first kappa shape index (κ1) is 15.3. The molecule has 0 radical (unpaired) electrons. The van der Waals surface area contributed by atoms with Crippen molar-refractivity contribution >= 4 is 11.6 Å². The molecule has 0 spiro atoms. The average Bonchev–Trinajstić information content (AvgIpc) is 2.28. The third-order valence-corrected chi connectivity index (χ3v) is 3.39. The van der Waals surface area contributed by atoms with Gasteiger partial charge in [-0.3, -0.25) is 0 Å². The number of nitrogens with one attached hydrogen (secondary N) is 1. The summed E-state index contributed by atoms with van der Waals surface area (Å²) < 4.78 is 5.72. The zero-order chi connectivity index (χ0) is 13.8. The predicted octanol–water partition coefficient (Wildman–Crippen LogP) is 2.85. The van der Waals surface area contributed by atoms with Crippen molar-refractivity contribution in [2.75, 3.05) is 13.7 Å². The highest BCUT2D eigenvalue weighted by Gasteiger charge is 2.26. The second-order valence-corrected chi connectivity index (χ2v) is 5.52. The van der Waals surface area contributed by atoms with Crippen LogP contribution in [0.25, 0.3) is 0 Å². The minimum absolute atomic E-state index is 0.137. The Bertz CT molecular complexity index is 391. The summed E-state index contributed by atoms with van der Waals surface area (Å²) in [5.74, 6) is 0.896. The largest absolute Gasteiger partial charge is 0.490 e. The molecule has 0 aliphatic rings. The quantitative estimate of drug-likeness (QED) is 0.836. The van der Waals surface area contributed by atoms with Crippen molar-refractivity contribution in [2.45, 2.75) is 32.9 Å². The maximum atomic E-state index is 10.2. The molecule has 0 aromatic heterocycles. The molecule has 1 aromatic rings. The van der Waals surface area contributed by atoms with Crippen LogP contribution in [0.4, 0.5) is 0 Å². The smallest absolute Gasteiger partial charge is 0.124 e. The van der Waals surface area contributed by atoms with Crippen LogP contribution in [0.5, 0.6) is 5.75 Å². The first-order valence-corrected chi connectivity index (χ1v) is 6.53. The maximum absolute atomic E-state index is 10.2. The molecule has 4 heteroatoms. The van der Waals surface area contributed by atoms with Crippen LogP contribution in [0.2, 0.25) is 5.02 Å². The summed E-state index contributed by atoms with van der Waals surface area (Å²) in [5, 5.41) is 13.9. The summed E-state index contributed by atoms with van der Waals surface area (Å²) >= 11 is 5.96. The van der Waals surface area contributed by atoms with Crippen LogP contribution in [0.15, 0.2) is 18.2 Å². The van der Waals surface area contributed by atoms with Crippen molar-refractivity contribution in [3.05, 3.63) is 28.8 Å². The molecular weight excluding hydrogens is 250 g/mol. The molecule has 1 rings (SSSR count). The molecule has 2 N–H and O–H groups in total. The van der Waals surface area contributed by atoms with Gasteiger partial charge in [0.25, 0.3) is 0 Å². The predicted molar refractivity (Wildman–Crippen MR) is 75.2 cm³/mol. The molecule has 0 aliphatic carbocycles. The monoisotopic (exact) mass is 271 g/mol. The van der Waals surface area contributed by atoms with E-state index in [-0.39, 0.29) is 12.5 Å². The lowest BCUT2D eigenvalue weighted by atomic mass is 9.94. The fourth-order valence-electron chi connectivity index (χ4n) is 1.41. The lowest BCUT2D eigenvalue weighted by Crippen LogP contribution is -2.38. The zero-order valence-corrected chi connectivity index (χ0v) is 12.2. The van der Waals surface area contributed by atoms with Gasteiger partial charge in [-0.05, 0) is 38.1 Å². The van der Waals surface area contributed by atoms with Gasteiger partial charge in [-0.2, -0.15) is 0 Å². The highest BCUT2D eigenvalue weighted by molar-refractivity contribution is 6.30. The van der Waals surface area contributed by atoms with Gasteiger partial charge < -0.3 is 15.2 Å². The Hall–Kier alpha value is -0.770. The molecule has 0 saturated carbocycles. The molecule has 102 valence electrons. The Kier molecular flexibility index (Phi) is 5.45. The maximum Gasteiger partial charge on any atom is 0.124 e. The molecule has 0 fully saturated rings. The number of benzene rings is 1. The van der Waals surface area contributed by atoms with Crippen molar-refractivity contribution in [2.24, 2.45) is 5.92 Å². The average molecular weight is 272 g/mol. The van der Waals surface area contributed by atoms with Crippen molar-refractivity contribution in [1.29, 1.82) is 0 Å². The van der Waals surface area contributed by atoms with E-state index < -0.39 is 5.60 Å². The number of rotatable bonds is 6. The molecule has 0 aliphatic heterocycles. The normalized spacial score (nSPS) is 14.6. The standard InChI is InChI=1S/C14H22ClNO2/c1-10(2)14(3,17)9-18-13-6-5-12(15)7-11(13)8-16-4/h5-7,10,16-17H,8-9H2,1-4H3. The summed E-state index contributed by atoms with van der Waals surface area (Å²) in [7, 11) is 1.87. The zero-order valence-electron chi connectivity index (χ0n) is 11.5. The fourth-order valence-corrected chi connectivity index (χ4v) is 1.60. The SMILES string of the molecule is CNCc1cc(Cl)ccc1OCC(C)(O)C(C)C. The lowest BCUT2D eigenvalue weighted by molar-refractivity contribution is -0.0268. The van der Waals surface area contributed by atoms with E-state index in [1.165, 1.54) is 0 Å². The topological polar surface area (TPSA) is 41.5 Å². The second kappa shape index (κ2) is 6.41. The van der Waals surface area contributed by atoms with E-state index in [0.29, 0.717) is 11.6 Å². The van der Waals surface area contributed by atoms with Crippen LogP contribution >= 0.6 is 11.6 Å². The third kappa shape index (κ3) is 4.16. The van der Waals surface area contributed by atoms with Gasteiger partial charge in [0.05, 0.1) is 5.60 Å². The molecule has 18 heavy (non-hydrogen) atoms. The van der Waals surface area contributed by atoms with Gasteiger partial charge in [-0.25, -0.2) is 0 Å². The Morgan fingerprint density at radius 1 is 1.44 bits per heavy atom. The molecule has 0 saturated heterocycles. The van der Waals surface area contributed by atoms with E-state index in [2.05, 4.69) is 5.32 Å². The van der Waals surface area contributed by atoms with E-state index in [0.717, 1.165) is 11.3 Å². The molecule has 1 aromatic carbocycles. The molecule has 1 atom stereocenters. The van der Waals surface area contributed by atoms with Gasteiger partial charge in [0.1, 0.15) is 12.4 Å². The summed E-state index contributed by atoms with van der Waals surface area (Å²) in [4.78, 5) is 0. The van der Waals surface area contributed by atoms with Crippen molar-refractivity contribution in [1.82, 2.24) is 5.32 Å². The Morgan fingerprint density at radius 3 is 2.67 bits per heavy atom. The summed E-state index contributed by atoms with van der Waals surface area (Å²) in [6, 6.07) is 5.50. The molecule has 0 bridgehead atoms. The number of aliphatic hydroxyl groups is 1. The Balaban J connectivity index is 2.78. The molecule has 0 heterocycles. The minimum atomic E-state index is -0.837. The van der Waals surface area contributed by atoms with Gasteiger partial charge >= 0.3 is 0 Å². The van der Waals surface area contributed by atoms with Crippen LogP contribution in [0.1, 0.15) is 26.3 Å². The highest BCUT2D eigenvalue weighted by atomic mass is 35.5. The summed E-state index contributed by atoms with van der Waals surface area (Å²) in [5.41, 5.74) is 0.154. The van der Waals surface area contributed by atoms with Crippen LogP contribution in [0.3, 0.4) is 0 Å².